The lowest BCUT2D eigenvalue weighted by molar-refractivity contribution is 0.254. The van der Waals surface area contributed by atoms with Crippen molar-refractivity contribution in [1.82, 2.24) is 9.88 Å². The lowest BCUT2D eigenvalue weighted by Gasteiger charge is -2.30. The van der Waals surface area contributed by atoms with Crippen molar-refractivity contribution in [3.8, 4) is 0 Å². The van der Waals surface area contributed by atoms with Gasteiger partial charge >= 0.3 is 0 Å². The van der Waals surface area contributed by atoms with Crippen LogP contribution >= 0.6 is 0 Å². The monoisotopic (exact) mass is 436 g/mol. The molecular formula is C31H36N2. The van der Waals surface area contributed by atoms with Crippen molar-refractivity contribution >= 4 is 5.57 Å². The fourth-order valence-corrected chi connectivity index (χ4v) is 5.54. The third-order valence-corrected chi connectivity index (χ3v) is 7.51. The highest BCUT2D eigenvalue weighted by atomic mass is 15.1. The summed E-state index contributed by atoms with van der Waals surface area (Å²) < 4.78 is 0. The van der Waals surface area contributed by atoms with E-state index in [-0.39, 0.29) is 0 Å². The third-order valence-electron chi connectivity index (χ3n) is 7.51. The summed E-state index contributed by atoms with van der Waals surface area (Å²) in [6, 6.07) is 20.6. The van der Waals surface area contributed by atoms with E-state index in [1.54, 1.807) is 5.57 Å². The molecular weight excluding hydrogens is 400 g/mol. The highest BCUT2D eigenvalue weighted by Gasteiger charge is 2.24. The minimum absolute atomic E-state index is 1.09. The Hall–Kier alpha value is -2.71. The summed E-state index contributed by atoms with van der Waals surface area (Å²) in [5, 5.41) is 0. The number of nitrogens with zero attached hydrogens (tertiary/aromatic N) is 2. The van der Waals surface area contributed by atoms with Crippen molar-refractivity contribution in [2.75, 3.05) is 19.6 Å². The van der Waals surface area contributed by atoms with E-state index in [4.69, 9.17) is 4.98 Å². The Morgan fingerprint density at radius 1 is 0.848 bits per heavy atom. The number of aryl methyl sites for hydroxylation is 5. The molecule has 3 aromatic rings. The zero-order valence-electron chi connectivity index (χ0n) is 20.2. The number of hydrogen-bond acceptors (Lipinski definition) is 2. The minimum Gasteiger partial charge on any atom is -0.303 e. The van der Waals surface area contributed by atoms with E-state index in [1.807, 2.05) is 6.20 Å². The van der Waals surface area contributed by atoms with Crippen LogP contribution in [-0.2, 0) is 25.7 Å². The van der Waals surface area contributed by atoms with Crippen LogP contribution in [0.5, 0.6) is 0 Å². The third kappa shape index (κ3) is 4.96. The predicted octanol–water partition coefficient (Wildman–Crippen LogP) is 6.58. The first-order valence-corrected chi connectivity index (χ1v) is 12.8. The molecule has 5 rings (SSSR count). The second-order valence-electron chi connectivity index (χ2n) is 9.77. The molecule has 1 fully saturated rings. The van der Waals surface area contributed by atoms with E-state index in [9.17, 15) is 0 Å². The molecule has 2 heteroatoms. The van der Waals surface area contributed by atoms with Crippen LogP contribution in [0, 0.1) is 6.92 Å². The molecule has 0 unspecified atom stereocenters. The van der Waals surface area contributed by atoms with Gasteiger partial charge < -0.3 is 4.90 Å². The molecule has 1 aliphatic carbocycles. The average Bonchev–Trinajstić information content (AvgIpc) is 3.01. The van der Waals surface area contributed by atoms with Crippen LogP contribution < -0.4 is 0 Å². The van der Waals surface area contributed by atoms with Crippen LogP contribution in [0.1, 0.15) is 65.3 Å². The van der Waals surface area contributed by atoms with Gasteiger partial charge in [0.25, 0.3) is 0 Å². The molecule has 2 aromatic carbocycles. The number of rotatable bonds is 5. The Morgan fingerprint density at radius 2 is 1.61 bits per heavy atom. The number of fused-ring (bicyclic) bond motifs is 2. The van der Waals surface area contributed by atoms with E-state index in [2.05, 4.69) is 73.3 Å². The summed E-state index contributed by atoms with van der Waals surface area (Å²) in [4.78, 5) is 7.56. The van der Waals surface area contributed by atoms with Crippen LogP contribution in [-0.4, -0.2) is 29.5 Å². The first-order valence-electron chi connectivity index (χ1n) is 12.8. The molecule has 170 valence electrons. The summed E-state index contributed by atoms with van der Waals surface area (Å²) in [6.07, 6.45) is 10.0. The quantitative estimate of drug-likeness (QED) is 0.449. The number of benzene rings is 2. The lowest BCUT2D eigenvalue weighted by atomic mass is 9.88. The number of piperidine rings is 1. The average molecular weight is 437 g/mol. The topological polar surface area (TPSA) is 16.1 Å². The molecule has 0 spiro atoms. The van der Waals surface area contributed by atoms with E-state index in [1.165, 1.54) is 64.0 Å². The summed E-state index contributed by atoms with van der Waals surface area (Å²) in [6.45, 7) is 7.95. The lowest BCUT2D eigenvalue weighted by Crippen LogP contribution is -2.32. The Balaban J connectivity index is 1.30. The summed E-state index contributed by atoms with van der Waals surface area (Å²) in [5.41, 5.74) is 12.9. The Kier molecular flexibility index (Phi) is 6.73. The van der Waals surface area contributed by atoms with Gasteiger partial charge in [-0.3, -0.25) is 4.98 Å². The maximum atomic E-state index is 4.90. The molecule has 2 aliphatic rings. The van der Waals surface area contributed by atoms with Crippen molar-refractivity contribution in [3.63, 3.8) is 0 Å². The van der Waals surface area contributed by atoms with Gasteiger partial charge in [-0.25, -0.2) is 0 Å². The van der Waals surface area contributed by atoms with Crippen LogP contribution in [0.15, 0.2) is 66.4 Å². The van der Waals surface area contributed by atoms with Gasteiger partial charge in [-0.05, 0) is 92.3 Å². The van der Waals surface area contributed by atoms with Crippen LogP contribution in [0.25, 0.3) is 5.57 Å². The van der Waals surface area contributed by atoms with Crippen molar-refractivity contribution in [3.05, 3.63) is 105 Å². The Labute approximate surface area is 199 Å². The van der Waals surface area contributed by atoms with Crippen LogP contribution in [0.2, 0.25) is 0 Å². The largest absolute Gasteiger partial charge is 0.303 e. The molecule has 0 radical (unpaired) electrons. The van der Waals surface area contributed by atoms with Gasteiger partial charge in [0, 0.05) is 24.9 Å². The zero-order valence-corrected chi connectivity index (χ0v) is 20.2. The van der Waals surface area contributed by atoms with E-state index < -0.39 is 0 Å². The molecule has 2 heterocycles. The first kappa shape index (κ1) is 22.1. The van der Waals surface area contributed by atoms with Gasteiger partial charge in [-0.1, -0.05) is 66.6 Å². The maximum Gasteiger partial charge on any atom is 0.0739 e. The standard InChI is InChI=1S/C31H36N2/c1-3-24-9-11-25(12-10-24)6-5-19-33-20-16-26(17-21-33)30-29-15-8-23(2)22-28(29)14-13-27-7-4-18-32-31(27)30/h4,7-12,15,18,22H,3,5-6,13-14,16-17,19-21H2,1-2H3. The molecule has 1 saturated heterocycles. The molecule has 2 nitrogen and oxygen atoms in total. The SMILES string of the molecule is CCc1ccc(CCCN2CCC(=C3c4ccc(C)cc4CCc4cccnc43)CC2)cc1. The van der Waals surface area contributed by atoms with Crippen molar-refractivity contribution in [2.45, 2.75) is 58.8 Å². The highest BCUT2D eigenvalue weighted by Crippen LogP contribution is 2.37. The molecule has 0 saturated carbocycles. The molecule has 0 bridgehead atoms. The van der Waals surface area contributed by atoms with E-state index >= 15 is 0 Å². The van der Waals surface area contributed by atoms with Crippen molar-refractivity contribution in [2.24, 2.45) is 0 Å². The summed E-state index contributed by atoms with van der Waals surface area (Å²) >= 11 is 0. The van der Waals surface area contributed by atoms with Gasteiger partial charge in [0.1, 0.15) is 0 Å². The number of hydrogen-bond donors (Lipinski definition) is 0. The molecule has 33 heavy (non-hydrogen) atoms. The number of aromatic nitrogens is 1. The van der Waals surface area contributed by atoms with Crippen LogP contribution in [0.4, 0.5) is 0 Å². The summed E-state index contributed by atoms with van der Waals surface area (Å²) in [5.74, 6) is 0. The number of pyridine rings is 1. The first-order chi connectivity index (χ1) is 16.2. The molecule has 0 atom stereocenters. The smallest absolute Gasteiger partial charge is 0.0739 e. The van der Waals surface area contributed by atoms with E-state index in [0.717, 1.165) is 45.2 Å². The second kappa shape index (κ2) is 10.1. The Morgan fingerprint density at radius 3 is 2.39 bits per heavy atom. The van der Waals surface area contributed by atoms with Gasteiger partial charge in [0.15, 0.2) is 0 Å². The van der Waals surface area contributed by atoms with Crippen molar-refractivity contribution in [1.29, 1.82) is 0 Å². The van der Waals surface area contributed by atoms with Gasteiger partial charge in [-0.2, -0.15) is 0 Å². The fraction of sp³-hybridized carbons (Fsp3) is 0.387. The molecule has 1 aromatic heterocycles. The van der Waals surface area contributed by atoms with Gasteiger partial charge in [0.05, 0.1) is 5.69 Å². The van der Waals surface area contributed by atoms with Gasteiger partial charge in [0.2, 0.25) is 0 Å². The van der Waals surface area contributed by atoms with Gasteiger partial charge in [-0.15, -0.1) is 0 Å². The zero-order chi connectivity index (χ0) is 22.6. The fourth-order valence-electron chi connectivity index (χ4n) is 5.54. The molecule has 1 aliphatic heterocycles. The highest BCUT2D eigenvalue weighted by molar-refractivity contribution is 5.84. The molecule has 0 N–H and O–H groups in total. The maximum absolute atomic E-state index is 4.90. The summed E-state index contributed by atoms with van der Waals surface area (Å²) in [7, 11) is 0. The molecule has 0 amide bonds. The second-order valence-corrected chi connectivity index (χ2v) is 9.77. The predicted molar refractivity (Wildman–Crippen MR) is 139 cm³/mol. The number of likely N-dealkylation sites (tertiary alicyclic amines) is 1. The van der Waals surface area contributed by atoms with Crippen molar-refractivity contribution < 1.29 is 0 Å². The normalized spacial score (nSPS) is 16.3. The minimum atomic E-state index is 1.09. The Bertz CT molecular complexity index is 1130. The van der Waals surface area contributed by atoms with E-state index in [0.29, 0.717) is 0 Å². The van der Waals surface area contributed by atoms with Crippen LogP contribution in [0.3, 0.4) is 0 Å².